The Morgan fingerprint density at radius 2 is 1.89 bits per heavy atom. The fourth-order valence-corrected chi connectivity index (χ4v) is 3.92. The maximum Gasteiger partial charge on any atom is 0.471 e. The van der Waals surface area contributed by atoms with Crippen molar-refractivity contribution in [1.29, 1.82) is 0 Å². The third-order valence-corrected chi connectivity index (χ3v) is 6.00. The SMILES string of the molecule is O=C(Cn1ccc(OCc2ccc(Br)cn2)cc1=O)c1ccc2c(c1)CN(C(=O)C(F)(F)F)CC2. The summed E-state index contributed by atoms with van der Waals surface area (Å²) >= 11 is 3.30. The third kappa shape index (κ3) is 5.97. The van der Waals surface area contributed by atoms with E-state index in [0.29, 0.717) is 17.0 Å². The molecule has 182 valence electrons. The molecule has 0 fully saturated rings. The number of carbonyl (C=O) groups is 2. The zero-order valence-electron chi connectivity index (χ0n) is 18.2. The number of aromatic nitrogens is 2. The zero-order chi connectivity index (χ0) is 25.2. The van der Waals surface area contributed by atoms with E-state index in [0.717, 1.165) is 14.9 Å². The molecule has 1 amide bonds. The minimum Gasteiger partial charge on any atom is -0.487 e. The molecule has 2 aromatic heterocycles. The molecule has 1 aliphatic rings. The number of benzene rings is 1. The van der Waals surface area contributed by atoms with Gasteiger partial charge in [0.05, 0.1) is 12.2 Å². The molecule has 0 saturated heterocycles. The van der Waals surface area contributed by atoms with E-state index in [-0.39, 0.29) is 44.0 Å². The molecule has 0 spiro atoms. The monoisotopic (exact) mass is 549 g/mol. The van der Waals surface area contributed by atoms with E-state index in [9.17, 15) is 27.6 Å². The molecule has 0 atom stereocenters. The van der Waals surface area contributed by atoms with Crippen molar-refractivity contribution in [2.75, 3.05) is 6.54 Å². The molecular weight excluding hydrogens is 531 g/mol. The molecule has 7 nitrogen and oxygen atoms in total. The molecule has 35 heavy (non-hydrogen) atoms. The predicted molar refractivity (Wildman–Crippen MR) is 123 cm³/mol. The number of carbonyl (C=O) groups excluding carboxylic acids is 2. The van der Waals surface area contributed by atoms with Crippen LogP contribution in [0.3, 0.4) is 0 Å². The van der Waals surface area contributed by atoms with E-state index in [1.54, 1.807) is 30.5 Å². The lowest BCUT2D eigenvalue weighted by Crippen LogP contribution is -2.43. The first-order chi connectivity index (χ1) is 16.6. The zero-order valence-corrected chi connectivity index (χ0v) is 19.8. The Bertz CT molecular complexity index is 1320. The van der Waals surface area contributed by atoms with Gasteiger partial charge >= 0.3 is 12.1 Å². The minimum absolute atomic E-state index is 0.0413. The van der Waals surface area contributed by atoms with Crippen LogP contribution in [-0.4, -0.2) is 38.9 Å². The summed E-state index contributed by atoms with van der Waals surface area (Å²) in [5, 5.41) is 0. The Hall–Kier alpha value is -3.47. The van der Waals surface area contributed by atoms with Crippen LogP contribution in [-0.2, 0) is 30.9 Å². The van der Waals surface area contributed by atoms with Crippen LogP contribution in [0.1, 0.15) is 27.2 Å². The highest BCUT2D eigenvalue weighted by Crippen LogP contribution is 2.26. The summed E-state index contributed by atoms with van der Waals surface area (Å²) in [6.45, 7) is -0.357. The van der Waals surface area contributed by atoms with Gasteiger partial charge in [0, 0.05) is 41.6 Å². The van der Waals surface area contributed by atoms with Crippen LogP contribution in [0.15, 0.2) is 64.1 Å². The Kier molecular flexibility index (Phi) is 7.06. The van der Waals surface area contributed by atoms with Crippen LogP contribution in [0.5, 0.6) is 5.75 Å². The normalized spacial score (nSPS) is 13.3. The van der Waals surface area contributed by atoms with Crippen molar-refractivity contribution in [3.63, 3.8) is 0 Å². The van der Waals surface area contributed by atoms with Gasteiger partial charge in [-0.1, -0.05) is 12.1 Å². The molecular formula is C24H19BrF3N3O4. The first kappa shape index (κ1) is 24.6. The lowest BCUT2D eigenvalue weighted by molar-refractivity contribution is -0.186. The maximum atomic E-state index is 12.8. The Morgan fingerprint density at radius 3 is 2.57 bits per heavy atom. The maximum absolute atomic E-state index is 12.8. The predicted octanol–water partition coefficient (Wildman–Crippen LogP) is 3.91. The van der Waals surface area contributed by atoms with Gasteiger partial charge in [-0.25, -0.2) is 0 Å². The smallest absolute Gasteiger partial charge is 0.471 e. The molecule has 4 rings (SSSR count). The second kappa shape index (κ2) is 10.0. The molecule has 0 radical (unpaired) electrons. The number of pyridine rings is 2. The van der Waals surface area contributed by atoms with Gasteiger partial charge in [-0.2, -0.15) is 13.2 Å². The van der Waals surface area contributed by atoms with Crippen LogP contribution >= 0.6 is 15.9 Å². The number of amides is 1. The number of hydrogen-bond donors (Lipinski definition) is 0. The van der Waals surface area contributed by atoms with Crippen LogP contribution in [0.4, 0.5) is 13.2 Å². The molecule has 0 bridgehead atoms. The highest BCUT2D eigenvalue weighted by molar-refractivity contribution is 9.10. The molecule has 0 saturated carbocycles. The van der Waals surface area contributed by atoms with Crippen molar-refractivity contribution in [3.05, 3.63) is 92.1 Å². The van der Waals surface area contributed by atoms with Crippen molar-refractivity contribution in [3.8, 4) is 5.75 Å². The number of ether oxygens (including phenoxy) is 1. The largest absolute Gasteiger partial charge is 0.487 e. The van der Waals surface area contributed by atoms with Crippen LogP contribution in [0.2, 0.25) is 0 Å². The fraction of sp³-hybridized carbons (Fsp3) is 0.250. The Balaban J connectivity index is 1.42. The lowest BCUT2D eigenvalue weighted by atomic mass is 9.96. The van der Waals surface area contributed by atoms with Gasteiger partial charge in [-0.15, -0.1) is 0 Å². The molecule has 3 heterocycles. The first-order valence-corrected chi connectivity index (χ1v) is 11.3. The van der Waals surface area contributed by atoms with Gasteiger partial charge in [0.1, 0.15) is 12.4 Å². The number of fused-ring (bicyclic) bond motifs is 1. The molecule has 0 N–H and O–H groups in total. The van der Waals surface area contributed by atoms with Crippen molar-refractivity contribution in [2.24, 2.45) is 0 Å². The molecule has 0 unspecified atom stereocenters. The first-order valence-electron chi connectivity index (χ1n) is 10.5. The molecule has 0 aliphatic carbocycles. The van der Waals surface area contributed by atoms with E-state index in [1.165, 1.54) is 22.9 Å². The Labute approximate surface area is 206 Å². The van der Waals surface area contributed by atoms with E-state index in [1.807, 2.05) is 6.07 Å². The van der Waals surface area contributed by atoms with Crippen molar-refractivity contribution in [1.82, 2.24) is 14.5 Å². The number of nitrogens with zero attached hydrogens (tertiary/aromatic N) is 3. The van der Waals surface area contributed by atoms with Crippen molar-refractivity contribution < 1.29 is 27.5 Å². The average molecular weight is 550 g/mol. The van der Waals surface area contributed by atoms with Gasteiger partial charge in [0.2, 0.25) is 0 Å². The van der Waals surface area contributed by atoms with E-state index in [4.69, 9.17) is 4.74 Å². The molecule has 11 heteroatoms. The third-order valence-electron chi connectivity index (χ3n) is 5.53. The molecule has 1 aromatic carbocycles. The summed E-state index contributed by atoms with van der Waals surface area (Å²) in [5.74, 6) is -1.96. The van der Waals surface area contributed by atoms with Crippen molar-refractivity contribution in [2.45, 2.75) is 32.3 Å². The number of halogens is 4. The summed E-state index contributed by atoms with van der Waals surface area (Å²) in [5.41, 5.74) is 1.75. The standard InChI is InChI=1S/C24H19BrF3N3O4/c25-18-3-4-19(29-11-18)14-35-20-6-8-30(22(33)10-20)13-21(32)16-2-1-15-5-7-31(12-17(15)9-16)23(34)24(26,27)28/h1-4,6,8-11H,5,7,12-14H2. The Morgan fingerprint density at radius 1 is 1.09 bits per heavy atom. The highest BCUT2D eigenvalue weighted by atomic mass is 79.9. The number of hydrogen-bond acceptors (Lipinski definition) is 5. The second-order valence-corrected chi connectivity index (χ2v) is 8.88. The van der Waals surface area contributed by atoms with Crippen LogP contribution in [0.25, 0.3) is 0 Å². The summed E-state index contributed by atoms with van der Waals surface area (Å²) < 4.78 is 46.0. The quantitative estimate of drug-likeness (QED) is 0.435. The number of Topliss-reactive ketones (excluding diaryl/α,β-unsaturated/α-hetero) is 1. The lowest BCUT2D eigenvalue weighted by Gasteiger charge is -2.29. The topological polar surface area (TPSA) is 81.5 Å². The summed E-state index contributed by atoms with van der Waals surface area (Å²) in [6, 6.07) is 11.2. The van der Waals surface area contributed by atoms with E-state index >= 15 is 0 Å². The number of ketones is 1. The highest BCUT2D eigenvalue weighted by Gasteiger charge is 2.43. The van der Waals surface area contributed by atoms with Gasteiger partial charge in [-0.3, -0.25) is 19.4 Å². The van der Waals surface area contributed by atoms with Gasteiger partial charge < -0.3 is 14.2 Å². The van der Waals surface area contributed by atoms with Crippen LogP contribution in [0, 0.1) is 0 Å². The fourth-order valence-electron chi connectivity index (χ4n) is 3.69. The minimum atomic E-state index is -4.95. The average Bonchev–Trinajstić information content (AvgIpc) is 2.83. The second-order valence-electron chi connectivity index (χ2n) is 7.97. The summed E-state index contributed by atoms with van der Waals surface area (Å²) in [4.78, 5) is 41.7. The molecule has 1 aliphatic heterocycles. The van der Waals surface area contributed by atoms with E-state index in [2.05, 4.69) is 20.9 Å². The number of rotatable bonds is 6. The van der Waals surface area contributed by atoms with Gasteiger partial charge in [-0.05, 0) is 57.7 Å². The van der Waals surface area contributed by atoms with Crippen molar-refractivity contribution >= 4 is 27.6 Å². The summed E-state index contributed by atoms with van der Waals surface area (Å²) in [6.07, 6.45) is -1.61. The summed E-state index contributed by atoms with van der Waals surface area (Å²) in [7, 11) is 0. The van der Waals surface area contributed by atoms with E-state index < -0.39 is 17.6 Å². The van der Waals surface area contributed by atoms with Gasteiger partial charge in [0.15, 0.2) is 5.78 Å². The molecule has 3 aromatic rings. The number of alkyl halides is 3. The van der Waals surface area contributed by atoms with Gasteiger partial charge in [0.25, 0.3) is 5.56 Å². The van der Waals surface area contributed by atoms with Crippen LogP contribution < -0.4 is 10.3 Å².